The Morgan fingerprint density at radius 3 is 2.31 bits per heavy atom. The average molecular weight is 217 g/mol. The highest BCUT2D eigenvalue weighted by Gasteiger charge is 2.13. The Labute approximate surface area is 89.9 Å². The van der Waals surface area contributed by atoms with Crippen LogP contribution in [-0.4, -0.2) is 0 Å². The van der Waals surface area contributed by atoms with Gasteiger partial charge in [0.15, 0.2) is 0 Å². The van der Waals surface area contributed by atoms with Crippen LogP contribution in [0.4, 0.5) is 0 Å². The second-order valence-electron chi connectivity index (χ2n) is 3.42. The van der Waals surface area contributed by atoms with Gasteiger partial charge >= 0.3 is 0 Å². The van der Waals surface area contributed by atoms with Crippen molar-refractivity contribution >= 4 is 22.9 Å². The van der Waals surface area contributed by atoms with Gasteiger partial charge in [0.05, 0.1) is 4.34 Å². The monoisotopic (exact) mass is 216 g/mol. The summed E-state index contributed by atoms with van der Waals surface area (Å²) in [6.07, 6.45) is 5.03. The zero-order valence-electron chi connectivity index (χ0n) is 8.35. The maximum atomic E-state index is 6.12. The summed E-state index contributed by atoms with van der Waals surface area (Å²) in [4.78, 5) is 0. The molecule has 0 aliphatic heterocycles. The number of hydrogen-bond acceptors (Lipinski definition) is 1. The van der Waals surface area contributed by atoms with Gasteiger partial charge in [0, 0.05) is 0 Å². The summed E-state index contributed by atoms with van der Waals surface area (Å²) in [5.74, 6) is 0.689. The lowest BCUT2D eigenvalue weighted by molar-refractivity contribution is 0.562. The first-order valence-corrected chi connectivity index (χ1v) is 6.28. The van der Waals surface area contributed by atoms with Crippen LogP contribution in [0.1, 0.15) is 51.0 Å². The molecule has 1 rings (SSSR count). The highest BCUT2D eigenvalue weighted by molar-refractivity contribution is 7.14. The van der Waals surface area contributed by atoms with E-state index >= 15 is 0 Å². The maximum Gasteiger partial charge on any atom is 0.0963 e. The van der Waals surface area contributed by atoms with Crippen molar-refractivity contribution in [3.05, 3.63) is 21.3 Å². The van der Waals surface area contributed by atoms with Crippen LogP contribution in [0.5, 0.6) is 0 Å². The summed E-state index contributed by atoms with van der Waals surface area (Å²) in [6.45, 7) is 4.48. The molecular weight excluding hydrogens is 200 g/mol. The standard InChI is InChI=1S/C11H17ClS/c1-3-5-9(6-4-2)10-7-8-13-11(10)12/h7-9H,3-6H2,1-2H3. The van der Waals surface area contributed by atoms with Gasteiger partial charge in [-0.2, -0.15) is 0 Å². The summed E-state index contributed by atoms with van der Waals surface area (Å²) in [6, 6.07) is 2.18. The molecule has 0 aliphatic carbocycles. The van der Waals surface area contributed by atoms with Crippen LogP contribution < -0.4 is 0 Å². The Kier molecular flexibility index (Phi) is 4.82. The molecule has 1 heterocycles. The molecule has 0 radical (unpaired) electrons. The lowest BCUT2D eigenvalue weighted by Crippen LogP contribution is -1.96. The molecule has 0 saturated heterocycles. The van der Waals surface area contributed by atoms with Gasteiger partial charge < -0.3 is 0 Å². The van der Waals surface area contributed by atoms with Crippen molar-refractivity contribution in [1.29, 1.82) is 0 Å². The van der Waals surface area contributed by atoms with Crippen LogP contribution in [0, 0.1) is 0 Å². The first-order chi connectivity index (χ1) is 6.29. The van der Waals surface area contributed by atoms with E-state index in [4.69, 9.17) is 11.6 Å². The molecule has 74 valence electrons. The topological polar surface area (TPSA) is 0 Å². The highest BCUT2D eigenvalue weighted by atomic mass is 35.5. The van der Waals surface area contributed by atoms with Gasteiger partial charge in [-0.25, -0.2) is 0 Å². The van der Waals surface area contributed by atoms with E-state index < -0.39 is 0 Å². The van der Waals surface area contributed by atoms with E-state index in [0.29, 0.717) is 5.92 Å². The lowest BCUT2D eigenvalue weighted by Gasteiger charge is -2.14. The third-order valence-electron chi connectivity index (χ3n) is 2.36. The Hall–Kier alpha value is -0.0100. The molecule has 0 N–H and O–H groups in total. The molecule has 2 heteroatoms. The molecule has 0 fully saturated rings. The molecule has 1 aromatic rings. The first-order valence-electron chi connectivity index (χ1n) is 5.02. The zero-order valence-corrected chi connectivity index (χ0v) is 9.92. The Balaban J connectivity index is 2.69. The van der Waals surface area contributed by atoms with Crippen LogP contribution >= 0.6 is 22.9 Å². The fourth-order valence-corrected chi connectivity index (χ4v) is 2.83. The van der Waals surface area contributed by atoms with Crippen LogP contribution in [0.2, 0.25) is 4.34 Å². The van der Waals surface area contributed by atoms with Crippen molar-refractivity contribution < 1.29 is 0 Å². The van der Waals surface area contributed by atoms with E-state index in [1.165, 1.54) is 31.2 Å². The molecular formula is C11H17ClS. The van der Waals surface area contributed by atoms with E-state index in [9.17, 15) is 0 Å². The molecule has 0 unspecified atom stereocenters. The average Bonchev–Trinajstić information content (AvgIpc) is 2.51. The fourth-order valence-electron chi connectivity index (χ4n) is 1.75. The van der Waals surface area contributed by atoms with Gasteiger partial charge in [0.2, 0.25) is 0 Å². The van der Waals surface area contributed by atoms with Crippen LogP contribution in [0.15, 0.2) is 11.4 Å². The summed E-state index contributed by atoms with van der Waals surface area (Å²) in [5, 5.41) is 2.09. The Bertz CT molecular complexity index is 236. The minimum Gasteiger partial charge on any atom is -0.132 e. The molecule has 0 saturated carbocycles. The Morgan fingerprint density at radius 2 is 1.92 bits per heavy atom. The normalized spacial score (nSPS) is 11.1. The molecule has 0 aromatic carbocycles. The van der Waals surface area contributed by atoms with Crippen molar-refractivity contribution in [3.8, 4) is 0 Å². The SMILES string of the molecule is CCCC(CCC)c1ccsc1Cl. The van der Waals surface area contributed by atoms with Crippen molar-refractivity contribution in [3.63, 3.8) is 0 Å². The molecule has 0 bridgehead atoms. The summed E-state index contributed by atoms with van der Waals surface area (Å²) >= 11 is 7.77. The van der Waals surface area contributed by atoms with Gasteiger partial charge in [-0.15, -0.1) is 11.3 Å². The number of rotatable bonds is 5. The number of hydrogen-bond donors (Lipinski definition) is 0. The van der Waals surface area contributed by atoms with E-state index in [0.717, 1.165) is 4.34 Å². The summed E-state index contributed by atoms with van der Waals surface area (Å²) in [7, 11) is 0. The van der Waals surface area contributed by atoms with Gasteiger partial charge in [-0.05, 0) is 35.8 Å². The van der Waals surface area contributed by atoms with E-state index in [-0.39, 0.29) is 0 Å². The van der Waals surface area contributed by atoms with Gasteiger partial charge in [-0.1, -0.05) is 38.3 Å². The third-order valence-corrected chi connectivity index (χ3v) is 3.56. The number of halogens is 1. The molecule has 0 nitrogen and oxygen atoms in total. The Morgan fingerprint density at radius 1 is 1.31 bits per heavy atom. The van der Waals surface area contributed by atoms with Gasteiger partial charge in [-0.3, -0.25) is 0 Å². The van der Waals surface area contributed by atoms with E-state index in [2.05, 4.69) is 25.3 Å². The fraction of sp³-hybridized carbons (Fsp3) is 0.636. The largest absolute Gasteiger partial charge is 0.132 e. The lowest BCUT2D eigenvalue weighted by atomic mass is 9.92. The smallest absolute Gasteiger partial charge is 0.0963 e. The van der Waals surface area contributed by atoms with Crippen molar-refractivity contribution in [1.82, 2.24) is 0 Å². The van der Waals surface area contributed by atoms with Crippen LogP contribution in [0.3, 0.4) is 0 Å². The second-order valence-corrected chi connectivity index (χ2v) is 4.94. The first kappa shape index (κ1) is 11.1. The minimum absolute atomic E-state index is 0.689. The minimum atomic E-state index is 0.689. The van der Waals surface area contributed by atoms with Gasteiger partial charge in [0.1, 0.15) is 0 Å². The molecule has 13 heavy (non-hydrogen) atoms. The van der Waals surface area contributed by atoms with Crippen LogP contribution in [-0.2, 0) is 0 Å². The van der Waals surface area contributed by atoms with Crippen molar-refractivity contribution in [2.45, 2.75) is 45.4 Å². The van der Waals surface area contributed by atoms with Crippen LogP contribution in [0.25, 0.3) is 0 Å². The van der Waals surface area contributed by atoms with E-state index in [1.54, 1.807) is 11.3 Å². The van der Waals surface area contributed by atoms with E-state index in [1.807, 2.05) is 0 Å². The molecule has 0 amide bonds. The summed E-state index contributed by atoms with van der Waals surface area (Å²) < 4.78 is 0.993. The maximum absolute atomic E-state index is 6.12. The molecule has 0 atom stereocenters. The second kappa shape index (κ2) is 5.66. The summed E-state index contributed by atoms with van der Waals surface area (Å²) in [5.41, 5.74) is 1.37. The third kappa shape index (κ3) is 2.99. The predicted molar refractivity (Wildman–Crippen MR) is 61.9 cm³/mol. The highest BCUT2D eigenvalue weighted by Crippen LogP contribution is 2.34. The molecule has 1 aromatic heterocycles. The molecule has 0 aliphatic rings. The predicted octanol–water partition coefficient (Wildman–Crippen LogP) is 5.09. The quantitative estimate of drug-likeness (QED) is 0.644. The zero-order chi connectivity index (χ0) is 9.68. The molecule has 0 spiro atoms. The number of thiophene rings is 1. The van der Waals surface area contributed by atoms with Crippen molar-refractivity contribution in [2.75, 3.05) is 0 Å². The van der Waals surface area contributed by atoms with Gasteiger partial charge in [0.25, 0.3) is 0 Å². The van der Waals surface area contributed by atoms with Crippen molar-refractivity contribution in [2.24, 2.45) is 0 Å².